The minimum atomic E-state index is -0.114. The van der Waals surface area contributed by atoms with Crippen LogP contribution in [0.15, 0.2) is 24.3 Å². The molecule has 1 fully saturated rings. The fraction of sp³-hybridized carbons (Fsp3) is 0.500. The number of hydrogen-bond acceptors (Lipinski definition) is 3. The minimum absolute atomic E-state index is 0.114. The van der Waals surface area contributed by atoms with Gasteiger partial charge in [-0.25, -0.2) is 0 Å². The lowest BCUT2D eigenvalue weighted by Gasteiger charge is -2.20. The van der Waals surface area contributed by atoms with E-state index in [1.165, 1.54) is 0 Å². The first-order valence-electron chi connectivity index (χ1n) is 6.47. The Balaban J connectivity index is 1.75. The Labute approximate surface area is 107 Å². The SMILES string of the molecule is CNC1CCN(C(=O)C2COc3ccccc32)C1. The van der Waals surface area contributed by atoms with E-state index in [0.717, 1.165) is 30.8 Å². The van der Waals surface area contributed by atoms with E-state index in [1.807, 2.05) is 36.2 Å². The molecule has 1 N–H and O–H groups in total. The molecule has 1 amide bonds. The molecule has 96 valence electrons. The quantitative estimate of drug-likeness (QED) is 0.846. The molecule has 4 nitrogen and oxygen atoms in total. The van der Waals surface area contributed by atoms with Crippen molar-refractivity contribution in [3.8, 4) is 5.75 Å². The van der Waals surface area contributed by atoms with Crippen LogP contribution in [0.4, 0.5) is 0 Å². The minimum Gasteiger partial charge on any atom is -0.492 e. The Bertz CT molecular complexity index is 461. The van der Waals surface area contributed by atoms with Gasteiger partial charge in [-0.05, 0) is 19.5 Å². The Morgan fingerprint density at radius 2 is 2.28 bits per heavy atom. The number of amides is 1. The topological polar surface area (TPSA) is 41.6 Å². The number of nitrogens with zero attached hydrogens (tertiary/aromatic N) is 1. The normalized spacial score (nSPS) is 25.9. The standard InChI is InChI=1S/C14H18N2O2/c1-15-10-6-7-16(8-10)14(17)12-9-18-13-5-3-2-4-11(12)13/h2-5,10,12,15H,6-9H2,1H3. The lowest BCUT2D eigenvalue weighted by atomic mass is 10.00. The Morgan fingerprint density at radius 1 is 1.44 bits per heavy atom. The van der Waals surface area contributed by atoms with Crippen LogP contribution in [0.1, 0.15) is 17.9 Å². The molecule has 0 spiro atoms. The van der Waals surface area contributed by atoms with Gasteiger partial charge in [-0.1, -0.05) is 18.2 Å². The van der Waals surface area contributed by atoms with Gasteiger partial charge < -0.3 is 15.0 Å². The number of nitrogens with one attached hydrogen (secondary N) is 1. The fourth-order valence-electron chi connectivity index (χ4n) is 2.78. The first kappa shape index (κ1) is 11.5. The monoisotopic (exact) mass is 246 g/mol. The highest BCUT2D eigenvalue weighted by Crippen LogP contribution is 2.35. The number of likely N-dealkylation sites (tertiary alicyclic amines) is 1. The highest BCUT2D eigenvalue weighted by molar-refractivity contribution is 5.85. The maximum absolute atomic E-state index is 12.5. The van der Waals surface area contributed by atoms with Crippen LogP contribution in [0.2, 0.25) is 0 Å². The van der Waals surface area contributed by atoms with Crippen LogP contribution >= 0.6 is 0 Å². The number of carbonyl (C=O) groups is 1. The van der Waals surface area contributed by atoms with E-state index in [-0.39, 0.29) is 11.8 Å². The second-order valence-corrected chi connectivity index (χ2v) is 4.96. The van der Waals surface area contributed by atoms with Crippen LogP contribution in [0.5, 0.6) is 5.75 Å². The molecule has 4 heteroatoms. The summed E-state index contributed by atoms with van der Waals surface area (Å²) in [5.74, 6) is 0.953. The molecule has 1 saturated heterocycles. The average Bonchev–Trinajstić information content (AvgIpc) is 3.04. The predicted octanol–water partition coefficient (Wildman–Crippen LogP) is 0.983. The highest BCUT2D eigenvalue weighted by Gasteiger charge is 2.35. The molecule has 1 aromatic carbocycles. The van der Waals surface area contributed by atoms with Crippen LogP contribution in [-0.4, -0.2) is 43.6 Å². The summed E-state index contributed by atoms with van der Waals surface area (Å²) < 4.78 is 5.58. The first-order chi connectivity index (χ1) is 8.79. The van der Waals surface area contributed by atoms with Crippen LogP contribution in [0.3, 0.4) is 0 Å². The smallest absolute Gasteiger partial charge is 0.233 e. The third kappa shape index (κ3) is 1.86. The van der Waals surface area contributed by atoms with E-state index in [4.69, 9.17) is 4.74 Å². The first-order valence-corrected chi connectivity index (χ1v) is 6.47. The number of likely N-dealkylation sites (N-methyl/N-ethyl adjacent to an activating group) is 1. The zero-order valence-corrected chi connectivity index (χ0v) is 10.6. The van der Waals surface area contributed by atoms with Crippen molar-refractivity contribution in [2.75, 3.05) is 26.7 Å². The molecule has 18 heavy (non-hydrogen) atoms. The zero-order valence-electron chi connectivity index (χ0n) is 10.6. The number of para-hydroxylation sites is 1. The molecule has 2 atom stereocenters. The van der Waals surface area contributed by atoms with Gasteiger partial charge in [0.25, 0.3) is 0 Å². The molecule has 2 aliphatic heterocycles. The van der Waals surface area contributed by atoms with Crippen LogP contribution < -0.4 is 10.1 Å². The summed E-state index contributed by atoms with van der Waals surface area (Å²) in [5.41, 5.74) is 1.04. The predicted molar refractivity (Wildman–Crippen MR) is 68.7 cm³/mol. The zero-order chi connectivity index (χ0) is 12.5. The molecule has 2 unspecified atom stereocenters. The molecule has 3 rings (SSSR count). The third-order valence-electron chi connectivity index (χ3n) is 3.91. The molecule has 1 aromatic rings. The van der Waals surface area contributed by atoms with Crippen LogP contribution in [-0.2, 0) is 4.79 Å². The van der Waals surface area contributed by atoms with E-state index in [0.29, 0.717) is 12.6 Å². The van der Waals surface area contributed by atoms with Crippen molar-refractivity contribution >= 4 is 5.91 Å². The molecule has 0 aliphatic carbocycles. The summed E-state index contributed by atoms with van der Waals surface area (Å²) in [6.07, 6.45) is 1.04. The molecule has 0 saturated carbocycles. The van der Waals surface area contributed by atoms with Crippen molar-refractivity contribution in [3.05, 3.63) is 29.8 Å². The van der Waals surface area contributed by atoms with Gasteiger partial charge in [0.1, 0.15) is 18.3 Å². The van der Waals surface area contributed by atoms with Crippen molar-refractivity contribution in [2.45, 2.75) is 18.4 Å². The third-order valence-corrected chi connectivity index (χ3v) is 3.91. The van der Waals surface area contributed by atoms with E-state index in [2.05, 4.69) is 5.32 Å². The average molecular weight is 246 g/mol. The van der Waals surface area contributed by atoms with Gasteiger partial charge in [-0.2, -0.15) is 0 Å². The van der Waals surface area contributed by atoms with Gasteiger partial charge >= 0.3 is 0 Å². The largest absolute Gasteiger partial charge is 0.492 e. The second-order valence-electron chi connectivity index (χ2n) is 4.96. The summed E-state index contributed by atoms with van der Waals surface area (Å²) in [4.78, 5) is 14.4. The summed E-state index contributed by atoms with van der Waals surface area (Å²) in [6, 6.07) is 8.28. The lowest BCUT2D eigenvalue weighted by Crippen LogP contribution is -2.36. The van der Waals surface area contributed by atoms with Gasteiger partial charge in [0.15, 0.2) is 0 Å². The van der Waals surface area contributed by atoms with Crippen molar-refractivity contribution < 1.29 is 9.53 Å². The number of rotatable bonds is 2. The van der Waals surface area contributed by atoms with E-state index in [1.54, 1.807) is 0 Å². The number of ether oxygens (including phenoxy) is 1. The summed E-state index contributed by atoms with van der Waals surface area (Å²) >= 11 is 0. The van der Waals surface area contributed by atoms with Gasteiger partial charge in [0, 0.05) is 24.7 Å². The van der Waals surface area contributed by atoms with Crippen molar-refractivity contribution in [1.29, 1.82) is 0 Å². The Kier molecular flexibility index (Phi) is 2.96. The lowest BCUT2D eigenvalue weighted by molar-refractivity contribution is -0.132. The van der Waals surface area contributed by atoms with Gasteiger partial charge in [-0.15, -0.1) is 0 Å². The van der Waals surface area contributed by atoms with Gasteiger partial charge in [0.05, 0.1) is 0 Å². The van der Waals surface area contributed by atoms with E-state index >= 15 is 0 Å². The molecule has 0 radical (unpaired) electrons. The van der Waals surface area contributed by atoms with Crippen LogP contribution in [0.25, 0.3) is 0 Å². The maximum Gasteiger partial charge on any atom is 0.233 e. The Hall–Kier alpha value is -1.55. The molecular weight excluding hydrogens is 228 g/mol. The fourth-order valence-corrected chi connectivity index (χ4v) is 2.78. The number of hydrogen-bond donors (Lipinski definition) is 1. The number of carbonyl (C=O) groups excluding carboxylic acids is 1. The van der Waals surface area contributed by atoms with Crippen molar-refractivity contribution in [1.82, 2.24) is 10.2 Å². The molecular formula is C14H18N2O2. The summed E-state index contributed by atoms with van der Waals surface area (Å²) in [5, 5.41) is 3.23. The van der Waals surface area contributed by atoms with Crippen molar-refractivity contribution in [2.24, 2.45) is 0 Å². The Morgan fingerprint density at radius 3 is 3.06 bits per heavy atom. The maximum atomic E-state index is 12.5. The summed E-state index contributed by atoms with van der Waals surface area (Å²) in [7, 11) is 1.95. The number of fused-ring (bicyclic) bond motifs is 1. The highest BCUT2D eigenvalue weighted by atomic mass is 16.5. The summed E-state index contributed by atoms with van der Waals surface area (Å²) in [6.45, 7) is 2.15. The number of benzene rings is 1. The molecule has 0 bridgehead atoms. The molecule has 2 aliphatic rings. The van der Waals surface area contributed by atoms with Crippen LogP contribution in [0, 0.1) is 0 Å². The van der Waals surface area contributed by atoms with Gasteiger partial charge in [-0.3, -0.25) is 4.79 Å². The second kappa shape index (κ2) is 4.61. The van der Waals surface area contributed by atoms with Gasteiger partial charge in [0.2, 0.25) is 5.91 Å². The molecule has 2 heterocycles. The van der Waals surface area contributed by atoms with Crippen molar-refractivity contribution in [3.63, 3.8) is 0 Å². The van der Waals surface area contributed by atoms with E-state index in [9.17, 15) is 4.79 Å². The molecule has 0 aromatic heterocycles. The van der Waals surface area contributed by atoms with E-state index < -0.39 is 0 Å².